The summed E-state index contributed by atoms with van der Waals surface area (Å²) in [5.41, 5.74) is 0. The second-order valence-electron chi connectivity index (χ2n) is 8.11. The van der Waals surface area contributed by atoms with E-state index in [2.05, 4.69) is 54.8 Å². The Kier molecular flexibility index (Phi) is 7.82. The Balaban J connectivity index is 1.86. The molecule has 0 aromatic carbocycles. The molecule has 0 radical (unpaired) electrons. The molecule has 0 saturated carbocycles. The molecule has 5 nitrogen and oxygen atoms in total. The first-order valence-electron chi connectivity index (χ1n) is 9.95. The Labute approximate surface area is 149 Å². The van der Waals surface area contributed by atoms with E-state index in [1.54, 1.807) is 0 Å². The molecule has 0 bridgehead atoms. The van der Waals surface area contributed by atoms with Crippen molar-refractivity contribution in [2.45, 2.75) is 46.6 Å². The molecule has 2 heterocycles. The van der Waals surface area contributed by atoms with Crippen LogP contribution in [0.3, 0.4) is 0 Å². The molecule has 24 heavy (non-hydrogen) atoms. The molecule has 2 unspecified atom stereocenters. The summed E-state index contributed by atoms with van der Waals surface area (Å²) in [5.74, 6) is 2.76. The van der Waals surface area contributed by atoms with Gasteiger partial charge in [-0.25, -0.2) is 0 Å². The van der Waals surface area contributed by atoms with Crippen LogP contribution < -0.4 is 5.32 Å². The largest absolute Gasteiger partial charge is 0.357 e. The number of hydrogen-bond donors (Lipinski definition) is 1. The Bertz CT molecular complexity index is 387. The highest BCUT2D eigenvalue weighted by Gasteiger charge is 2.26. The summed E-state index contributed by atoms with van der Waals surface area (Å²) in [5, 5.41) is 3.51. The van der Waals surface area contributed by atoms with Crippen molar-refractivity contribution in [2.24, 2.45) is 16.8 Å². The van der Waals surface area contributed by atoms with Crippen molar-refractivity contribution >= 4 is 5.96 Å². The van der Waals surface area contributed by atoms with Gasteiger partial charge >= 0.3 is 0 Å². The zero-order chi connectivity index (χ0) is 17.5. The van der Waals surface area contributed by atoms with Crippen molar-refractivity contribution in [3.05, 3.63) is 0 Å². The number of rotatable bonds is 6. The highest BCUT2D eigenvalue weighted by Crippen LogP contribution is 2.23. The van der Waals surface area contributed by atoms with Gasteiger partial charge in [-0.15, -0.1) is 0 Å². The number of aliphatic imine (C=N–C) groups is 1. The topological polar surface area (TPSA) is 34.1 Å². The minimum atomic E-state index is 0.529. The third kappa shape index (κ3) is 5.92. The van der Waals surface area contributed by atoms with Gasteiger partial charge in [0.05, 0.1) is 6.54 Å². The Hall–Kier alpha value is -0.810. The van der Waals surface area contributed by atoms with E-state index in [0.717, 1.165) is 37.4 Å². The van der Waals surface area contributed by atoms with Crippen molar-refractivity contribution < 1.29 is 0 Å². The molecule has 2 aliphatic rings. The summed E-state index contributed by atoms with van der Waals surface area (Å²) in [6.45, 7) is 18.0. The third-order valence-corrected chi connectivity index (χ3v) is 5.39. The molecular weight excluding hydrogens is 298 g/mol. The molecule has 2 fully saturated rings. The SMILES string of the molecule is CCNC(=NCC(C)N1CCN(C)CC1)N1CCC(CC(C)C)C1. The number of piperazine rings is 1. The summed E-state index contributed by atoms with van der Waals surface area (Å²) < 4.78 is 0. The first kappa shape index (κ1) is 19.5. The molecule has 0 spiro atoms. The van der Waals surface area contributed by atoms with E-state index in [1.807, 2.05) is 0 Å². The van der Waals surface area contributed by atoms with E-state index in [9.17, 15) is 0 Å². The lowest BCUT2D eigenvalue weighted by molar-refractivity contribution is 0.122. The molecule has 140 valence electrons. The minimum absolute atomic E-state index is 0.529. The lowest BCUT2D eigenvalue weighted by atomic mass is 9.97. The first-order chi connectivity index (χ1) is 11.5. The fourth-order valence-electron chi connectivity index (χ4n) is 3.91. The third-order valence-electron chi connectivity index (χ3n) is 5.39. The van der Waals surface area contributed by atoms with Gasteiger partial charge in [-0.1, -0.05) is 13.8 Å². The van der Waals surface area contributed by atoms with E-state index in [4.69, 9.17) is 4.99 Å². The fourth-order valence-corrected chi connectivity index (χ4v) is 3.91. The molecule has 0 aromatic heterocycles. The molecule has 0 amide bonds. The van der Waals surface area contributed by atoms with Gasteiger partial charge in [-0.2, -0.15) is 0 Å². The predicted molar refractivity (Wildman–Crippen MR) is 104 cm³/mol. The number of guanidine groups is 1. The monoisotopic (exact) mass is 337 g/mol. The van der Waals surface area contributed by atoms with Crippen LogP contribution in [0.4, 0.5) is 0 Å². The summed E-state index contributed by atoms with van der Waals surface area (Å²) in [6.07, 6.45) is 2.66. The van der Waals surface area contributed by atoms with Crippen LogP contribution in [0.15, 0.2) is 4.99 Å². The molecule has 2 saturated heterocycles. The molecule has 2 rings (SSSR count). The van der Waals surface area contributed by atoms with Crippen molar-refractivity contribution in [1.82, 2.24) is 20.0 Å². The molecule has 5 heteroatoms. The van der Waals surface area contributed by atoms with Crippen LogP contribution in [0, 0.1) is 11.8 Å². The second-order valence-corrected chi connectivity index (χ2v) is 8.11. The van der Waals surface area contributed by atoms with Crippen LogP contribution in [0.1, 0.15) is 40.5 Å². The average molecular weight is 338 g/mol. The Morgan fingerprint density at radius 3 is 2.46 bits per heavy atom. The first-order valence-corrected chi connectivity index (χ1v) is 9.95. The zero-order valence-electron chi connectivity index (χ0n) is 16.6. The predicted octanol–water partition coefficient (Wildman–Crippen LogP) is 1.96. The summed E-state index contributed by atoms with van der Waals surface area (Å²) in [4.78, 5) is 12.5. The van der Waals surface area contributed by atoms with Crippen molar-refractivity contribution in [1.29, 1.82) is 0 Å². The maximum Gasteiger partial charge on any atom is 0.193 e. The van der Waals surface area contributed by atoms with Crippen LogP contribution in [-0.2, 0) is 0 Å². The van der Waals surface area contributed by atoms with E-state index in [1.165, 1.54) is 45.6 Å². The maximum atomic E-state index is 4.98. The number of nitrogens with one attached hydrogen (secondary N) is 1. The van der Waals surface area contributed by atoms with Gasteiger partial charge in [-0.05, 0) is 45.6 Å². The second kappa shape index (κ2) is 9.62. The van der Waals surface area contributed by atoms with Gasteiger partial charge in [0.2, 0.25) is 0 Å². The normalized spacial score (nSPS) is 25.5. The van der Waals surface area contributed by atoms with Gasteiger partial charge in [0, 0.05) is 51.9 Å². The molecule has 0 aliphatic carbocycles. The van der Waals surface area contributed by atoms with Crippen LogP contribution in [0.25, 0.3) is 0 Å². The van der Waals surface area contributed by atoms with Gasteiger partial charge in [0.25, 0.3) is 0 Å². The summed E-state index contributed by atoms with van der Waals surface area (Å²) in [7, 11) is 2.21. The smallest absolute Gasteiger partial charge is 0.193 e. The standard InChI is InChI=1S/C19H39N5/c1-6-20-19(24-8-7-18(15-24)13-16(2)3)21-14-17(4)23-11-9-22(5)10-12-23/h16-18H,6-15H2,1-5H3,(H,20,21). The molecule has 1 N–H and O–H groups in total. The highest BCUT2D eigenvalue weighted by molar-refractivity contribution is 5.80. The maximum absolute atomic E-state index is 4.98. The lowest BCUT2D eigenvalue weighted by Gasteiger charge is -2.36. The average Bonchev–Trinajstić information content (AvgIpc) is 2.99. The molecule has 2 aliphatic heterocycles. The molecular formula is C19H39N5. The number of hydrogen-bond acceptors (Lipinski definition) is 3. The van der Waals surface area contributed by atoms with Crippen LogP contribution in [0.2, 0.25) is 0 Å². The van der Waals surface area contributed by atoms with Crippen LogP contribution >= 0.6 is 0 Å². The van der Waals surface area contributed by atoms with Crippen molar-refractivity contribution in [2.75, 3.05) is 59.4 Å². The summed E-state index contributed by atoms with van der Waals surface area (Å²) in [6, 6.07) is 0.529. The minimum Gasteiger partial charge on any atom is -0.357 e. The zero-order valence-corrected chi connectivity index (χ0v) is 16.6. The van der Waals surface area contributed by atoms with Gasteiger partial charge in [0.1, 0.15) is 0 Å². The lowest BCUT2D eigenvalue weighted by Crippen LogP contribution is -2.49. The van der Waals surface area contributed by atoms with Gasteiger partial charge < -0.3 is 15.1 Å². The Morgan fingerprint density at radius 2 is 1.83 bits per heavy atom. The van der Waals surface area contributed by atoms with Crippen LogP contribution in [-0.4, -0.2) is 86.1 Å². The van der Waals surface area contributed by atoms with E-state index < -0.39 is 0 Å². The van der Waals surface area contributed by atoms with Crippen LogP contribution in [0.5, 0.6) is 0 Å². The number of likely N-dealkylation sites (N-methyl/N-ethyl adjacent to an activating group) is 1. The van der Waals surface area contributed by atoms with Gasteiger partial charge in [-0.3, -0.25) is 9.89 Å². The van der Waals surface area contributed by atoms with E-state index >= 15 is 0 Å². The number of nitrogens with zero attached hydrogens (tertiary/aromatic N) is 4. The van der Waals surface area contributed by atoms with E-state index in [-0.39, 0.29) is 0 Å². The van der Waals surface area contributed by atoms with Crippen molar-refractivity contribution in [3.63, 3.8) is 0 Å². The van der Waals surface area contributed by atoms with Gasteiger partial charge in [0.15, 0.2) is 5.96 Å². The Morgan fingerprint density at radius 1 is 1.12 bits per heavy atom. The molecule has 2 atom stereocenters. The molecule has 0 aromatic rings. The number of likely N-dealkylation sites (tertiary alicyclic amines) is 1. The highest BCUT2D eigenvalue weighted by atomic mass is 15.3. The fraction of sp³-hybridized carbons (Fsp3) is 0.947. The van der Waals surface area contributed by atoms with E-state index in [0.29, 0.717) is 6.04 Å². The quantitative estimate of drug-likeness (QED) is 0.593. The summed E-state index contributed by atoms with van der Waals surface area (Å²) >= 11 is 0. The van der Waals surface area contributed by atoms with Crippen molar-refractivity contribution in [3.8, 4) is 0 Å².